The van der Waals surface area contributed by atoms with Gasteiger partial charge in [-0.05, 0) is 30.3 Å². The van der Waals surface area contributed by atoms with Crippen molar-refractivity contribution < 1.29 is 9.18 Å². The maximum Gasteiger partial charge on any atom is 0.251 e. The molecule has 1 amide bonds. The molecule has 0 aromatic heterocycles. The number of hydrogen-bond acceptors (Lipinski definition) is 3. The van der Waals surface area contributed by atoms with Crippen LogP contribution in [0, 0.1) is 5.82 Å². The van der Waals surface area contributed by atoms with E-state index in [1.807, 2.05) is 35.2 Å². The normalized spacial score (nSPS) is 20.2. The SMILES string of the molecule is CN1C(=O)C2CN(c3ccccc3)CN2c2cc(F)ccc21. The van der Waals surface area contributed by atoms with Crippen LogP contribution in [0.3, 0.4) is 0 Å². The third kappa shape index (κ3) is 1.85. The molecule has 0 bridgehead atoms. The van der Waals surface area contributed by atoms with Crippen molar-refractivity contribution in [3.05, 3.63) is 54.3 Å². The standard InChI is InChI=1S/C17H16FN3O/c1-19-14-8-7-12(18)9-15(14)21-11-20(10-16(21)17(19)22)13-5-3-2-4-6-13/h2-9,16H,10-11H2,1H3. The summed E-state index contributed by atoms with van der Waals surface area (Å²) in [5.41, 5.74) is 2.62. The van der Waals surface area contributed by atoms with E-state index in [4.69, 9.17) is 0 Å². The van der Waals surface area contributed by atoms with Crippen LogP contribution in [-0.4, -0.2) is 32.2 Å². The maximum absolute atomic E-state index is 13.7. The zero-order valence-corrected chi connectivity index (χ0v) is 12.2. The molecule has 2 aliphatic heterocycles. The lowest BCUT2D eigenvalue weighted by molar-refractivity contribution is -0.119. The topological polar surface area (TPSA) is 26.8 Å². The molecular formula is C17H16FN3O. The molecule has 2 aliphatic rings. The average Bonchev–Trinajstić information content (AvgIpc) is 2.99. The molecule has 0 radical (unpaired) electrons. The number of anilines is 3. The van der Waals surface area contributed by atoms with E-state index < -0.39 is 0 Å². The van der Waals surface area contributed by atoms with Crippen LogP contribution in [-0.2, 0) is 4.79 Å². The van der Waals surface area contributed by atoms with Crippen molar-refractivity contribution in [3.8, 4) is 0 Å². The quantitative estimate of drug-likeness (QED) is 0.809. The lowest BCUT2D eigenvalue weighted by Crippen LogP contribution is -2.50. The van der Waals surface area contributed by atoms with Crippen LogP contribution >= 0.6 is 0 Å². The molecule has 0 spiro atoms. The van der Waals surface area contributed by atoms with Crippen LogP contribution in [0.4, 0.5) is 21.5 Å². The van der Waals surface area contributed by atoms with Gasteiger partial charge in [0.05, 0.1) is 18.0 Å². The number of fused-ring (bicyclic) bond motifs is 3. The van der Waals surface area contributed by atoms with Gasteiger partial charge in [-0.1, -0.05) is 18.2 Å². The minimum absolute atomic E-state index is 0.0533. The number of likely N-dealkylation sites (N-methyl/N-ethyl adjacent to an activating group) is 1. The van der Waals surface area contributed by atoms with Gasteiger partial charge in [-0.15, -0.1) is 0 Å². The van der Waals surface area contributed by atoms with E-state index in [1.54, 1.807) is 18.0 Å². The summed E-state index contributed by atoms with van der Waals surface area (Å²) < 4.78 is 13.7. The van der Waals surface area contributed by atoms with E-state index in [0.717, 1.165) is 17.1 Å². The zero-order chi connectivity index (χ0) is 15.3. The summed E-state index contributed by atoms with van der Waals surface area (Å²) >= 11 is 0. The number of amides is 1. The molecule has 4 rings (SSSR count). The van der Waals surface area contributed by atoms with Gasteiger partial charge < -0.3 is 14.7 Å². The maximum atomic E-state index is 13.7. The Balaban J connectivity index is 1.75. The Hall–Kier alpha value is -2.56. The molecule has 1 unspecified atom stereocenters. The van der Waals surface area contributed by atoms with Crippen LogP contribution in [0.15, 0.2) is 48.5 Å². The first-order valence-electron chi connectivity index (χ1n) is 7.29. The van der Waals surface area contributed by atoms with Gasteiger partial charge >= 0.3 is 0 Å². The summed E-state index contributed by atoms with van der Waals surface area (Å²) in [6, 6.07) is 14.3. The van der Waals surface area contributed by atoms with Crippen molar-refractivity contribution in [2.24, 2.45) is 0 Å². The summed E-state index contributed by atoms with van der Waals surface area (Å²) in [5.74, 6) is -0.226. The van der Waals surface area contributed by atoms with Gasteiger partial charge in [0, 0.05) is 19.3 Å². The van der Waals surface area contributed by atoms with E-state index >= 15 is 0 Å². The second kappa shape index (κ2) is 4.73. The fraction of sp³-hybridized carbons (Fsp3) is 0.235. The first-order valence-corrected chi connectivity index (χ1v) is 7.29. The molecule has 0 aliphatic carbocycles. The van der Waals surface area contributed by atoms with Gasteiger partial charge in [0.15, 0.2) is 0 Å². The number of nitrogens with zero attached hydrogens (tertiary/aromatic N) is 3. The summed E-state index contributed by atoms with van der Waals surface area (Å²) in [7, 11) is 1.75. The van der Waals surface area contributed by atoms with Gasteiger partial charge in [-0.2, -0.15) is 0 Å². The second-order valence-corrected chi connectivity index (χ2v) is 5.72. The molecule has 0 N–H and O–H groups in total. The number of benzene rings is 2. The van der Waals surface area contributed by atoms with Crippen molar-refractivity contribution in [2.75, 3.05) is 35.0 Å². The van der Waals surface area contributed by atoms with Crippen molar-refractivity contribution in [3.63, 3.8) is 0 Å². The highest BCUT2D eigenvalue weighted by Crippen LogP contribution is 2.39. The zero-order valence-electron chi connectivity index (χ0n) is 12.2. The first-order chi connectivity index (χ1) is 10.6. The van der Waals surface area contributed by atoms with Gasteiger partial charge in [-0.3, -0.25) is 4.79 Å². The molecule has 1 saturated heterocycles. The average molecular weight is 297 g/mol. The monoisotopic (exact) mass is 297 g/mol. The highest BCUT2D eigenvalue weighted by atomic mass is 19.1. The first kappa shape index (κ1) is 13.1. The highest BCUT2D eigenvalue weighted by Gasteiger charge is 2.42. The smallest absolute Gasteiger partial charge is 0.251 e. The summed E-state index contributed by atoms with van der Waals surface area (Å²) in [4.78, 5) is 18.4. The largest absolute Gasteiger partial charge is 0.351 e. The Morgan fingerprint density at radius 3 is 2.64 bits per heavy atom. The van der Waals surface area contributed by atoms with Crippen LogP contribution in [0.1, 0.15) is 0 Å². The number of halogens is 1. The summed E-state index contributed by atoms with van der Waals surface area (Å²) in [6.45, 7) is 1.20. The van der Waals surface area contributed by atoms with E-state index in [0.29, 0.717) is 13.2 Å². The molecule has 2 aromatic carbocycles. The molecule has 1 atom stereocenters. The van der Waals surface area contributed by atoms with Crippen molar-refractivity contribution in [2.45, 2.75) is 6.04 Å². The number of carbonyl (C=O) groups excluding carboxylic acids is 1. The lowest BCUT2D eigenvalue weighted by atomic mass is 10.1. The molecule has 1 fully saturated rings. The lowest BCUT2D eigenvalue weighted by Gasteiger charge is -2.36. The van der Waals surface area contributed by atoms with Crippen LogP contribution < -0.4 is 14.7 Å². The fourth-order valence-electron chi connectivity index (χ4n) is 3.28. The van der Waals surface area contributed by atoms with Gasteiger partial charge in [0.25, 0.3) is 5.91 Å². The minimum atomic E-state index is -0.279. The Bertz CT molecular complexity index is 734. The molecule has 0 saturated carbocycles. The van der Waals surface area contributed by atoms with E-state index in [-0.39, 0.29) is 17.8 Å². The molecule has 22 heavy (non-hydrogen) atoms. The summed E-state index contributed by atoms with van der Waals surface area (Å²) in [5, 5.41) is 0. The predicted octanol–water partition coefficient (Wildman–Crippen LogP) is 2.45. The Morgan fingerprint density at radius 1 is 1.09 bits per heavy atom. The van der Waals surface area contributed by atoms with Gasteiger partial charge in [0.1, 0.15) is 11.9 Å². The Kier molecular flexibility index (Phi) is 2.82. The molecule has 4 nitrogen and oxygen atoms in total. The van der Waals surface area contributed by atoms with Gasteiger partial charge in [0.2, 0.25) is 0 Å². The Morgan fingerprint density at radius 2 is 1.86 bits per heavy atom. The van der Waals surface area contributed by atoms with Crippen molar-refractivity contribution >= 4 is 23.0 Å². The number of hydrogen-bond donors (Lipinski definition) is 0. The predicted molar refractivity (Wildman–Crippen MR) is 84.7 cm³/mol. The highest BCUT2D eigenvalue weighted by molar-refractivity contribution is 6.06. The van der Waals surface area contributed by atoms with E-state index in [9.17, 15) is 9.18 Å². The van der Waals surface area contributed by atoms with Crippen molar-refractivity contribution in [1.29, 1.82) is 0 Å². The molecule has 5 heteroatoms. The third-order valence-corrected chi connectivity index (χ3v) is 4.44. The van der Waals surface area contributed by atoms with E-state index in [2.05, 4.69) is 4.90 Å². The molecule has 2 aromatic rings. The fourth-order valence-corrected chi connectivity index (χ4v) is 3.28. The number of carbonyl (C=O) groups is 1. The van der Waals surface area contributed by atoms with Crippen molar-refractivity contribution in [1.82, 2.24) is 0 Å². The van der Waals surface area contributed by atoms with Gasteiger partial charge in [-0.25, -0.2) is 4.39 Å². The third-order valence-electron chi connectivity index (χ3n) is 4.44. The van der Waals surface area contributed by atoms with Crippen LogP contribution in [0.2, 0.25) is 0 Å². The number of para-hydroxylation sites is 1. The number of rotatable bonds is 1. The molecular weight excluding hydrogens is 281 g/mol. The Labute approximate surface area is 128 Å². The molecule has 112 valence electrons. The minimum Gasteiger partial charge on any atom is -0.351 e. The van der Waals surface area contributed by atoms with E-state index in [1.165, 1.54) is 12.1 Å². The summed E-state index contributed by atoms with van der Waals surface area (Å²) in [6.07, 6.45) is 0. The van der Waals surface area contributed by atoms with Crippen LogP contribution in [0.5, 0.6) is 0 Å². The second-order valence-electron chi connectivity index (χ2n) is 5.72. The molecule has 2 heterocycles. The van der Waals surface area contributed by atoms with Crippen LogP contribution in [0.25, 0.3) is 0 Å².